The van der Waals surface area contributed by atoms with Crippen LogP contribution in [0.15, 0.2) is 24.3 Å². The van der Waals surface area contributed by atoms with E-state index < -0.39 is 0 Å². The maximum Gasteiger partial charge on any atom is 0.228 e. The third kappa shape index (κ3) is 3.94. The van der Waals surface area contributed by atoms with E-state index in [0.29, 0.717) is 31.8 Å². The highest BCUT2D eigenvalue weighted by Crippen LogP contribution is 2.24. The average molecular weight is 332 g/mol. The molecule has 0 saturated carbocycles. The molecular weight excluding hydrogens is 307 g/mol. The van der Waals surface area contributed by atoms with Crippen LogP contribution < -0.4 is 0 Å². The van der Waals surface area contributed by atoms with E-state index in [-0.39, 0.29) is 23.5 Å². The molecule has 2 atom stereocenters. The predicted molar refractivity (Wildman–Crippen MR) is 89.8 cm³/mol. The van der Waals surface area contributed by atoms with E-state index >= 15 is 0 Å². The third-order valence-electron chi connectivity index (χ3n) is 5.12. The second kappa shape index (κ2) is 7.32. The molecule has 2 aliphatic heterocycles. The molecule has 3 rings (SSSR count). The summed E-state index contributed by atoms with van der Waals surface area (Å²) in [5, 5.41) is 0. The van der Waals surface area contributed by atoms with E-state index in [0.717, 1.165) is 25.1 Å². The number of piperidine rings is 1. The second-order valence-corrected chi connectivity index (χ2v) is 7.15. The average Bonchev–Trinajstić information content (AvgIpc) is 2.94. The first kappa shape index (κ1) is 16.9. The normalized spacial score (nSPS) is 24.5. The molecule has 2 amide bonds. The van der Waals surface area contributed by atoms with Gasteiger partial charge in [-0.25, -0.2) is 4.39 Å². The van der Waals surface area contributed by atoms with Crippen molar-refractivity contribution < 1.29 is 14.0 Å². The first-order chi connectivity index (χ1) is 11.5. The number of rotatable bonds is 4. The Hall–Kier alpha value is -1.91. The number of amides is 2. The Morgan fingerprint density at radius 2 is 2.00 bits per heavy atom. The van der Waals surface area contributed by atoms with Crippen LogP contribution in [0.5, 0.6) is 0 Å². The monoisotopic (exact) mass is 332 g/mol. The van der Waals surface area contributed by atoms with Crippen LogP contribution in [0.1, 0.15) is 31.7 Å². The second-order valence-electron chi connectivity index (χ2n) is 7.15. The molecule has 130 valence electrons. The Labute approximate surface area is 142 Å². The zero-order chi connectivity index (χ0) is 17.1. The van der Waals surface area contributed by atoms with Crippen LogP contribution in [-0.2, 0) is 16.0 Å². The van der Waals surface area contributed by atoms with Crippen molar-refractivity contribution in [3.05, 3.63) is 35.6 Å². The van der Waals surface area contributed by atoms with E-state index in [1.54, 1.807) is 17.0 Å². The van der Waals surface area contributed by atoms with E-state index in [9.17, 15) is 14.0 Å². The molecule has 0 aromatic heterocycles. The van der Waals surface area contributed by atoms with Gasteiger partial charge in [0.2, 0.25) is 11.8 Å². The van der Waals surface area contributed by atoms with Gasteiger partial charge in [0.25, 0.3) is 0 Å². The summed E-state index contributed by atoms with van der Waals surface area (Å²) in [5.41, 5.74) is 1.00. The van der Waals surface area contributed by atoms with Crippen LogP contribution in [0.2, 0.25) is 0 Å². The molecule has 0 spiro atoms. The van der Waals surface area contributed by atoms with Crippen molar-refractivity contribution in [2.45, 2.75) is 32.6 Å². The van der Waals surface area contributed by atoms with Gasteiger partial charge in [0, 0.05) is 32.6 Å². The number of carbonyl (C=O) groups excluding carboxylic acids is 2. The highest BCUT2D eigenvalue weighted by Gasteiger charge is 2.37. The number of hydrogen-bond acceptors (Lipinski definition) is 2. The molecule has 5 heteroatoms. The number of likely N-dealkylation sites (tertiary alicyclic amines) is 2. The first-order valence-corrected chi connectivity index (χ1v) is 8.84. The van der Waals surface area contributed by atoms with Gasteiger partial charge in [-0.3, -0.25) is 9.59 Å². The summed E-state index contributed by atoms with van der Waals surface area (Å²) in [6.07, 6.45) is 3.25. The van der Waals surface area contributed by atoms with Crippen molar-refractivity contribution in [3.63, 3.8) is 0 Å². The molecule has 2 saturated heterocycles. The quantitative estimate of drug-likeness (QED) is 0.850. The smallest absolute Gasteiger partial charge is 0.228 e. The van der Waals surface area contributed by atoms with E-state index in [4.69, 9.17) is 0 Å². The minimum Gasteiger partial charge on any atom is -0.342 e. The summed E-state index contributed by atoms with van der Waals surface area (Å²) in [7, 11) is 0. The van der Waals surface area contributed by atoms with Crippen molar-refractivity contribution >= 4 is 11.8 Å². The zero-order valence-corrected chi connectivity index (χ0v) is 14.2. The largest absolute Gasteiger partial charge is 0.342 e. The standard InChI is InChI=1S/C19H25FN2O2/c1-14-3-2-9-22(12-14)19(24)16-11-18(23)21(13-16)10-8-15-4-6-17(20)7-5-15/h4-7,14,16H,2-3,8-13H2,1H3/t14-,16+/m1/s1. The Morgan fingerprint density at radius 3 is 2.71 bits per heavy atom. The number of nitrogens with zero attached hydrogens (tertiary/aromatic N) is 2. The molecule has 2 fully saturated rings. The molecule has 24 heavy (non-hydrogen) atoms. The predicted octanol–water partition coefficient (Wildman–Crippen LogP) is 2.48. The molecule has 0 bridgehead atoms. The van der Waals surface area contributed by atoms with E-state index in [2.05, 4.69) is 6.92 Å². The van der Waals surface area contributed by atoms with Crippen LogP contribution >= 0.6 is 0 Å². The lowest BCUT2D eigenvalue weighted by molar-refractivity contribution is -0.137. The van der Waals surface area contributed by atoms with Crippen molar-refractivity contribution in [1.29, 1.82) is 0 Å². The molecule has 2 aliphatic rings. The maximum atomic E-state index is 12.9. The Morgan fingerprint density at radius 1 is 1.25 bits per heavy atom. The molecule has 1 aromatic rings. The van der Waals surface area contributed by atoms with Gasteiger partial charge in [-0.05, 0) is 42.9 Å². The molecule has 4 nitrogen and oxygen atoms in total. The number of halogens is 1. The van der Waals surface area contributed by atoms with Crippen LogP contribution in [0, 0.1) is 17.7 Å². The molecule has 0 unspecified atom stereocenters. The number of carbonyl (C=O) groups is 2. The van der Waals surface area contributed by atoms with Gasteiger partial charge in [-0.2, -0.15) is 0 Å². The minimum atomic E-state index is -0.252. The Balaban J connectivity index is 1.53. The Bertz CT molecular complexity index is 602. The van der Waals surface area contributed by atoms with Crippen LogP contribution in [0.25, 0.3) is 0 Å². The lowest BCUT2D eigenvalue weighted by Gasteiger charge is -2.32. The highest BCUT2D eigenvalue weighted by atomic mass is 19.1. The molecule has 2 heterocycles. The van der Waals surface area contributed by atoms with Gasteiger partial charge < -0.3 is 9.80 Å². The fraction of sp³-hybridized carbons (Fsp3) is 0.579. The SMILES string of the molecule is C[C@@H]1CCCN(C(=O)[C@H]2CC(=O)N(CCc3ccc(F)cc3)C2)C1. The summed E-state index contributed by atoms with van der Waals surface area (Å²) < 4.78 is 12.9. The summed E-state index contributed by atoms with van der Waals surface area (Å²) in [6, 6.07) is 6.36. The minimum absolute atomic E-state index is 0.0560. The van der Waals surface area contributed by atoms with Crippen molar-refractivity contribution in [3.8, 4) is 0 Å². The number of benzene rings is 1. The van der Waals surface area contributed by atoms with Crippen molar-refractivity contribution in [2.75, 3.05) is 26.2 Å². The summed E-state index contributed by atoms with van der Waals surface area (Å²) in [5.74, 6) is 0.294. The maximum absolute atomic E-state index is 12.9. The van der Waals surface area contributed by atoms with Crippen LogP contribution in [0.4, 0.5) is 4.39 Å². The summed E-state index contributed by atoms with van der Waals surface area (Å²) in [6.45, 7) is 4.92. The fourth-order valence-corrected chi connectivity index (χ4v) is 3.72. The van der Waals surface area contributed by atoms with Gasteiger partial charge in [-0.1, -0.05) is 19.1 Å². The lowest BCUT2D eigenvalue weighted by atomic mass is 9.98. The van der Waals surface area contributed by atoms with Crippen LogP contribution in [-0.4, -0.2) is 47.8 Å². The molecular formula is C19H25FN2O2. The topological polar surface area (TPSA) is 40.6 Å². The molecule has 0 aliphatic carbocycles. The van der Waals surface area contributed by atoms with Gasteiger partial charge in [0.05, 0.1) is 5.92 Å². The van der Waals surface area contributed by atoms with E-state index in [1.807, 2.05) is 4.90 Å². The van der Waals surface area contributed by atoms with Gasteiger partial charge in [0.1, 0.15) is 5.82 Å². The zero-order valence-electron chi connectivity index (χ0n) is 14.2. The molecule has 0 N–H and O–H groups in total. The van der Waals surface area contributed by atoms with Crippen molar-refractivity contribution in [2.24, 2.45) is 11.8 Å². The fourth-order valence-electron chi connectivity index (χ4n) is 3.72. The Kier molecular flexibility index (Phi) is 5.17. The van der Waals surface area contributed by atoms with Gasteiger partial charge >= 0.3 is 0 Å². The van der Waals surface area contributed by atoms with Crippen molar-refractivity contribution in [1.82, 2.24) is 9.80 Å². The highest BCUT2D eigenvalue weighted by molar-refractivity contribution is 5.89. The summed E-state index contributed by atoms with van der Waals surface area (Å²) >= 11 is 0. The van der Waals surface area contributed by atoms with Gasteiger partial charge in [-0.15, -0.1) is 0 Å². The van der Waals surface area contributed by atoms with Gasteiger partial charge in [0.15, 0.2) is 0 Å². The molecule has 0 radical (unpaired) electrons. The lowest BCUT2D eigenvalue weighted by Crippen LogP contribution is -2.43. The summed E-state index contributed by atoms with van der Waals surface area (Å²) in [4.78, 5) is 28.6. The van der Waals surface area contributed by atoms with E-state index in [1.165, 1.54) is 18.6 Å². The number of hydrogen-bond donors (Lipinski definition) is 0. The third-order valence-corrected chi connectivity index (χ3v) is 5.12. The first-order valence-electron chi connectivity index (χ1n) is 8.84. The van der Waals surface area contributed by atoms with Crippen LogP contribution in [0.3, 0.4) is 0 Å². The molecule has 1 aromatic carbocycles.